The fourth-order valence-corrected chi connectivity index (χ4v) is 7.74. The Hall–Kier alpha value is -5.64. The highest BCUT2D eigenvalue weighted by Gasteiger charge is 2.36. The Labute approximate surface area is 384 Å². The topological polar surface area (TPSA) is 266 Å². The Kier molecular flexibility index (Phi) is 20.4. The number of hydrogen-bond donors (Lipinski definition) is 7. The molecule has 17 nitrogen and oxygen atoms in total. The van der Waals surface area contributed by atoms with Gasteiger partial charge in [0.25, 0.3) is 5.91 Å². The van der Waals surface area contributed by atoms with Gasteiger partial charge in [-0.3, -0.25) is 24.0 Å². The van der Waals surface area contributed by atoms with Gasteiger partial charge in [-0.2, -0.15) is 5.26 Å². The van der Waals surface area contributed by atoms with Crippen LogP contribution in [0.15, 0.2) is 48.5 Å². The van der Waals surface area contributed by atoms with E-state index in [9.17, 15) is 24.0 Å². The number of amides is 5. The van der Waals surface area contributed by atoms with Crippen LogP contribution in [-0.2, 0) is 25.6 Å². The molecule has 19 heteroatoms. The van der Waals surface area contributed by atoms with Crippen LogP contribution in [0.2, 0.25) is 10.0 Å². The van der Waals surface area contributed by atoms with Crippen molar-refractivity contribution in [2.24, 2.45) is 17.2 Å². The lowest BCUT2D eigenvalue weighted by molar-refractivity contribution is -0.141. The number of fused-ring (bicyclic) bond motifs is 5. The number of benzene rings is 3. The number of nitriles is 1. The summed E-state index contributed by atoms with van der Waals surface area (Å²) in [5.74, 6) is -2.45. The van der Waals surface area contributed by atoms with E-state index in [1.807, 2.05) is 6.07 Å². The molecule has 5 amide bonds. The summed E-state index contributed by atoms with van der Waals surface area (Å²) in [6, 6.07) is 9.79. The monoisotopic (exact) mass is 923 g/mol. The summed E-state index contributed by atoms with van der Waals surface area (Å²) in [6.07, 6.45) is 5.17. The molecule has 0 radical (unpaired) electrons. The second-order valence-corrected chi connectivity index (χ2v) is 16.0. The number of likely N-dealkylation sites (N-methyl/N-ethyl adjacent to an activating group) is 1. The van der Waals surface area contributed by atoms with Crippen molar-refractivity contribution in [2.75, 3.05) is 53.0 Å². The summed E-state index contributed by atoms with van der Waals surface area (Å²) in [5, 5.41) is 19.7. The third kappa shape index (κ3) is 13.9. The number of carbonyl (C=O) groups is 5. The van der Waals surface area contributed by atoms with Crippen LogP contribution in [0, 0.1) is 11.3 Å². The molecular weight excluding hydrogens is 865 g/mol. The molecule has 10 N–H and O–H groups in total. The van der Waals surface area contributed by atoms with Gasteiger partial charge in [-0.1, -0.05) is 67.9 Å². The maximum atomic E-state index is 14.6. The number of nitrogens with two attached hydrogens (primary N) is 3. The second-order valence-electron chi connectivity index (χ2n) is 15.2. The Morgan fingerprint density at radius 2 is 1.50 bits per heavy atom. The van der Waals surface area contributed by atoms with Gasteiger partial charge in [0.05, 0.1) is 28.3 Å². The van der Waals surface area contributed by atoms with E-state index in [1.54, 1.807) is 36.4 Å². The van der Waals surface area contributed by atoms with Crippen LogP contribution in [0.4, 0.5) is 0 Å². The maximum Gasteiger partial charge on any atom is 0.254 e. The zero-order valence-electron chi connectivity index (χ0n) is 36.5. The number of halogens is 2. The molecule has 0 spiro atoms. The Bertz CT molecular complexity index is 2130. The Balaban J connectivity index is 1.78. The van der Waals surface area contributed by atoms with Crippen molar-refractivity contribution in [1.29, 1.82) is 5.26 Å². The first-order chi connectivity index (χ1) is 30.8. The Morgan fingerprint density at radius 3 is 2.12 bits per heavy atom. The van der Waals surface area contributed by atoms with Crippen LogP contribution in [0.5, 0.6) is 17.2 Å². The fraction of sp³-hybridized carbons (Fsp3) is 0.467. The predicted molar refractivity (Wildman–Crippen MR) is 244 cm³/mol. The number of carbonyl (C=O) groups excluding carboxylic acids is 5. The maximum absolute atomic E-state index is 14.6. The zero-order chi connectivity index (χ0) is 46.8. The van der Waals surface area contributed by atoms with Crippen molar-refractivity contribution in [3.8, 4) is 34.4 Å². The second kappa shape index (κ2) is 25.6. The van der Waals surface area contributed by atoms with E-state index in [-0.39, 0.29) is 67.8 Å². The Morgan fingerprint density at radius 1 is 0.859 bits per heavy atom. The van der Waals surface area contributed by atoms with Crippen LogP contribution in [0.1, 0.15) is 79.9 Å². The standard InChI is InChI=1S/C45H59Cl2N9O8/c1-4-5-6-7-8-19-62-30-25-33(46)39(34(47)26-30)43(59)54-35(13-14-48)45(61)56(3)40-29-10-12-38(64-21-17-51)32(24-29)31-22-28(9-11-37(31)63-20-16-50)23-36(42(58)52-18-15-49)55-41(57)27(2)53-44(40)60/h9-12,22,24-27,35-36,40H,4-8,13-14,16-21,23,48,50-51H2,1-3H3,(H,52,58)(H,53,60)(H,54,59)(H,55,57)/t27-,35-,36-,40-/m0/s1. The van der Waals surface area contributed by atoms with Gasteiger partial charge in [-0.05, 0) is 73.8 Å². The molecular formula is C45H59Cl2N9O8. The van der Waals surface area contributed by atoms with Crippen LogP contribution in [-0.4, -0.2) is 106 Å². The van der Waals surface area contributed by atoms with Crippen molar-refractivity contribution in [1.82, 2.24) is 26.2 Å². The van der Waals surface area contributed by atoms with Gasteiger partial charge < -0.3 is 57.6 Å². The molecule has 346 valence electrons. The molecule has 4 bridgehead atoms. The number of unbranched alkanes of at least 4 members (excludes halogenated alkanes) is 4. The molecule has 4 rings (SSSR count). The normalized spacial score (nSPS) is 16.5. The molecule has 64 heavy (non-hydrogen) atoms. The average molecular weight is 925 g/mol. The van der Waals surface area contributed by atoms with Gasteiger partial charge in [0.1, 0.15) is 61.2 Å². The van der Waals surface area contributed by atoms with Crippen molar-refractivity contribution < 1.29 is 38.2 Å². The fourth-order valence-electron chi connectivity index (χ4n) is 7.11. The number of nitrogens with one attached hydrogen (secondary N) is 4. The van der Waals surface area contributed by atoms with Gasteiger partial charge in [0.15, 0.2) is 0 Å². The number of ether oxygens (including phenoxy) is 3. The van der Waals surface area contributed by atoms with E-state index in [0.717, 1.165) is 37.0 Å². The highest BCUT2D eigenvalue weighted by Crippen LogP contribution is 2.40. The largest absolute Gasteiger partial charge is 0.493 e. The minimum atomic E-state index is -1.43. The van der Waals surface area contributed by atoms with Crippen molar-refractivity contribution >= 4 is 52.7 Å². The van der Waals surface area contributed by atoms with E-state index in [2.05, 4.69) is 28.2 Å². The van der Waals surface area contributed by atoms with Crippen LogP contribution in [0.25, 0.3) is 11.1 Å². The SMILES string of the molecule is CCCCCCCOc1cc(Cl)c(C(=O)N[C@@H](CCN)C(=O)N(C)[C@@H]2C(=O)N[C@@H](C)C(=O)N[C@H](C(=O)NCC#N)Cc3ccc(OCCN)c(c3)-c3cc2ccc3OCCN)c(Cl)c1. The van der Waals surface area contributed by atoms with Gasteiger partial charge in [-0.25, -0.2) is 0 Å². The molecule has 0 unspecified atom stereocenters. The van der Waals surface area contributed by atoms with E-state index >= 15 is 0 Å². The molecule has 0 saturated heterocycles. The number of nitrogens with zero attached hydrogens (tertiary/aromatic N) is 2. The minimum absolute atomic E-state index is 0.00380. The predicted octanol–water partition coefficient (Wildman–Crippen LogP) is 3.52. The van der Waals surface area contributed by atoms with E-state index in [1.165, 1.54) is 26.1 Å². The minimum Gasteiger partial charge on any atom is -0.493 e. The van der Waals surface area contributed by atoms with Gasteiger partial charge in [0, 0.05) is 37.7 Å². The average Bonchev–Trinajstić information content (AvgIpc) is 3.27. The third-order valence-electron chi connectivity index (χ3n) is 10.4. The summed E-state index contributed by atoms with van der Waals surface area (Å²) in [4.78, 5) is 71.1. The van der Waals surface area contributed by atoms with E-state index < -0.39 is 53.7 Å². The van der Waals surface area contributed by atoms with Gasteiger partial charge in [-0.15, -0.1) is 0 Å². The van der Waals surface area contributed by atoms with E-state index in [4.69, 9.17) is 59.9 Å². The first-order valence-corrected chi connectivity index (χ1v) is 22.1. The number of rotatable bonds is 21. The van der Waals surface area contributed by atoms with Crippen molar-refractivity contribution in [3.05, 3.63) is 75.3 Å². The van der Waals surface area contributed by atoms with Crippen LogP contribution < -0.4 is 52.7 Å². The highest BCUT2D eigenvalue weighted by atomic mass is 35.5. The quantitative estimate of drug-likeness (QED) is 0.0598. The van der Waals surface area contributed by atoms with Crippen molar-refractivity contribution in [2.45, 2.75) is 83.0 Å². The zero-order valence-corrected chi connectivity index (χ0v) is 38.0. The third-order valence-corrected chi connectivity index (χ3v) is 11.0. The molecule has 3 aromatic carbocycles. The molecule has 0 aliphatic carbocycles. The van der Waals surface area contributed by atoms with Gasteiger partial charge >= 0.3 is 0 Å². The van der Waals surface area contributed by atoms with Crippen molar-refractivity contribution in [3.63, 3.8) is 0 Å². The first-order valence-electron chi connectivity index (χ1n) is 21.4. The molecule has 0 fully saturated rings. The lowest BCUT2D eigenvalue weighted by atomic mass is 9.93. The summed E-state index contributed by atoms with van der Waals surface area (Å²) >= 11 is 13.2. The molecule has 1 aliphatic heterocycles. The summed E-state index contributed by atoms with van der Waals surface area (Å²) in [7, 11) is 1.38. The molecule has 1 heterocycles. The smallest absolute Gasteiger partial charge is 0.254 e. The molecule has 0 aromatic heterocycles. The lowest BCUT2D eigenvalue weighted by Crippen LogP contribution is -2.56. The number of hydrogen-bond acceptors (Lipinski definition) is 12. The molecule has 0 saturated carbocycles. The summed E-state index contributed by atoms with van der Waals surface area (Å²) in [6.45, 7) is 4.31. The molecule has 4 atom stereocenters. The van der Waals surface area contributed by atoms with Gasteiger partial charge in [0.2, 0.25) is 23.6 Å². The van der Waals surface area contributed by atoms with E-state index in [0.29, 0.717) is 46.1 Å². The molecule has 3 aromatic rings. The first kappa shape index (κ1) is 51.0. The molecule has 1 aliphatic rings. The summed E-state index contributed by atoms with van der Waals surface area (Å²) in [5.41, 5.74) is 19.3. The highest BCUT2D eigenvalue weighted by molar-refractivity contribution is 6.40. The van der Waals surface area contributed by atoms with Crippen LogP contribution >= 0.6 is 23.2 Å². The lowest BCUT2D eigenvalue weighted by Gasteiger charge is -2.32. The summed E-state index contributed by atoms with van der Waals surface area (Å²) < 4.78 is 18.0. The van der Waals surface area contributed by atoms with Crippen LogP contribution in [0.3, 0.4) is 0 Å².